The van der Waals surface area contributed by atoms with E-state index in [0.717, 1.165) is 9.87 Å². The number of carbonyl (C=O) groups excluding carboxylic acids is 2. The molecule has 216 valence electrons. The summed E-state index contributed by atoms with van der Waals surface area (Å²) in [6.45, 7) is 1.25. The summed E-state index contributed by atoms with van der Waals surface area (Å²) in [4.78, 5) is 25.1. The summed E-state index contributed by atoms with van der Waals surface area (Å²) in [5.41, 5.74) is 4.77. The Hall–Kier alpha value is -4.67. The van der Waals surface area contributed by atoms with E-state index < -0.39 is 22.5 Å². The molecule has 42 heavy (non-hydrogen) atoms. The summed E-state index contributed by atoms with van der Waals surface area (Å²) in [7, 11) is -4.02. The van der Waals surface area contributed by atoms with E-state index in [1.165, 1.54) is 18.3 Å². The van der Waals surface area contributed by atoms with Gasteiger partial charge in [0.05, 0.1) is 27.5 Å². The molecule has 0 bridgehead atoms. The van der Waals surface area contributed by atoms with Crippen LogP contribution in [0.3, 0.4) is 0 Å². The molecule has 2 amide bonds. The number of nitrogens with zero attached hydrogens (tertiary/aromatic N) is 2. The normalized spacial score (nSPS) is 11.2. The molecule has 0 aliphatic heterocycles. The molecule has 0 aliphatic rings. The molecule has 4 rings (SSSR count). The summed E-state index contributed by atoms with van der Waals surface area (Å²) in [6, 6.07) is 28.6. The van der Waals surface area contributed by atoms with Gasteiger partial charge in [0.25, 0.3) is 21.8 Å². The van der Waals surface area contributed by atoms with Gasteiger partial charge in [-0.25, -0.2) is 13.8 Å². The molecule has 0 radical (unpaired) electrons. The van der Waals surface area contributed by atoms with Crippen LogP contribution in [0.5, 0.6) is 5.75 Å². The molecule has 0 atom stereocenters. The second-order valence-electron chi connectivity index (χ2n) is 8.99. The van der Waals surface area contributed by atoms with Gasteiger partial charge < -0.3 is 10.1 Å². The van der Waals surface area contributed by atoms with E-state index in [-0.39, 0.29) is 17.4 Å². The molecule has 0 fully saturated rings. The minimum atomic E-state index is -4.02. The number of hydrogen-bond acceptors (Lipinski definition) is 6. The van der Waals surface area contributed by atoms with Crippen molar-refractivity contribution in [2.75, 3.05) is 22.8 Å². The summed E-state index contributed by atoms with van der Waals surface area (Å²) >= 11 is 6.05. The van der Waals surface area contributed by atoms with Crippen LogP contribution in [0.1, 0.15) is 18.1 Å². The fourth-order valence-corrected chi connectivity index (χ4v) is 5.63. The molecule has 9 nitrogen and oxygen atoms in total. The number of rotatable bonds is 12. The molecule has 2 N–H and O–H groups in total. The first-order chi connectivity index (χ1) is 20.3. The molecule has 11 heteroatoms. The van der Waals surface area contributed by atoms with Crippen molar-refractivity contribution in [2.24, 2.45) is 5.10 Å². The third kappa shape index (κ3) is 7.96. The number of anilines is 2. The van der Waals surface area contributed by atoms with E-state index in [1.54, 1.807) is 78.9 Å². The van der Waals surface area contributed by atoms with Crippen molar-refractivity contribution in [3.05, 3.63) is 119 Å². The monoisotopic (exact) mass is 604 g/mol. The maximum Gasteiger partial charge on any atom is 0.264 e. The molecular weight excluding hydrogens is 576 g/mol. The molecular formula is C31H29ClN4O5S. The van der Waals surface area contributed by atoms with E-state index in [1.807, 2.05) is 19.1 Å². The highest BCUT2D eigenvalue weighted by Crippen LogP contribution is 2.27. The first-order valence-electron chi connectivity index (χ1n) is 13.0. The Morgan fingerprint density at radius 1 is 0.881 bits per heavy atom. The van der Waals surface area contributed by atoms with Crippen LogP contribution in [0.2, 0.25) is 5.02 Å². The van der Waals surface area contributed by atoms with Crippen LogP contribution < -0.4 is 19.8 Å². The van der Waals surface area contributed by atoms with E-state index in [9.17, 15) is 18.0 Å². The number of hydrogen-bond donors (Lipinski definition) is 2. The Labute approximate surface area is 249 Å². The third-order valence-electron chi connectivity index (χ3n) is 6.06. The number of halogens is 1. The highest BCUT2D eigenvalue weighted by atomic mass is 35.5. The molecule has 0 aliphatic carbocycles. The summed E-state index contributed by atoms with van der Waals surface area (Å²) in [5, 5.41) is 7.09. The average molecular weight is 605 g/mol. The predicted octanol–water partition coefficient (Wildman–Crippen LogP) is 5.27. The number of aryl methyl sites for hydroxylation is 1. The number of nitrogens with one attached hydrogen (secondary N) is 2. The Balaban J connectivity index is 1.36. The zero-order valence-electron chi connectivity index (χ0n) is 22.7. The van der Waals surface area contributed by atoms with Crippen molar-refractivity contribution in [3.8, 4) is 5.75 Å². The Morgan fingerprint density at radius 2 is 1.55 bits per heavy atom. The van der Waals surface area contributed by atoms with Gasteiger partial charge in [-0.1, -0.05) is 67.1 Å². The van der Waals surface area contributed by atoms with Crippen molar-refractivity contribution >= 4 is 51.0 Å². The zero-order chi connectivity index (χ0) is 30.0. The lowest BCUT2D eigenvalue weighted by atomic mass is 10.1. The fourth-order valence-electron chi connectivity index (χ4n) is 3.96. The smallest absolute Gasteiger partial charge is 0.264 e. The van der Waals surface area contributed by atoms with Crippen LogP contribution in [-0.2, 0) is 26.0 Å². The second-order valence-corrected chi connectivity index (χ2v) is 11.3. The predicted molar refractivity (Wildman–Crippen MR) is 165 cm³/mol. The van der Waals surface area contributed by atoms with Crippen LogP contribution in [0.4, 0.5) is 11.4 Å². The Kier molecular flexibility index (Phi) is 10.3. The molecule has 0 spiro atoms. The van der Waals surface area contributed by atoms with Gasteiger partial charge >= 0.3 is 0 Å². The van der Waals surface area contributed by atoms with Crippen molar-refractivity contribution in [3.63, 3.8) is 0 Å². The second kappa shape index (κ2) is 14.3. The summed E-state index contributed by atoms with van der Waals surface area (Å²) < 4.78 is 33.7. The van der Waals surface area contributed by atoms with Gasteiger partial charge in [-0.15, -0.1) is 0 Å². The number of carbonyl (C=O) groups is 2. The number of para-hydroxylation sites is 2. The van der Waals surface area contributed by atoms with E-state index >= 15 is 0 Å². The average Bonchev–Trinajstić information content (AvgIpc) is 3.01. The fraction of sp³-hybridized carbons (Fsp3) is 0.129. The summed E-state index contributed by atoms with van der Waals surface area (Å²) in [6.07, 6.45) is 2.00. The molecule has 4 aromatic carbocycles. The van der Waals surface area contributed by atoms with Crippen LogP contribution in [-0.4, -0.2) is 39.6 Å². The molecule has 0 saturated carbocycles. The van der Waals surface area contributed by atoms with Gasteiger partial charge in [-0.05, 0) is 72.1 Å². The van der Waals surface area contributed by atoms with Crippen LogP contribution >= 0.6 is 11.6 Å². The first kappa shape index (κ1) is 30.3. The lowest BCUT2D eigenvalue weighted by Crippen LogP contribution is -2.40. The number of benzene rings is 4. The molecule has 0 heterocycles. The quantitative estimate of drug-likeness (QED) is 0.169. The highest BCUT2D eigenvalue weighted by Gasteiger charge is 2.28. The van der Waals surface area contributed by atoms with Gasteiger partial charge in [-0.3, -0.25) is 13.9 Å². The van der Waals surface area contributed by atoms with Gasteiger partial charge in [0.1, 0.15) is 12.3 Å². The molecule has 4 aromatic rings. The van der Waals surface area contributed by atoms with Gasteiger partial charge in [-0.2, -0.15) is 5.10 Å². The SMILES string of the molecule is CCc1ccccc1N(CC(=O)N/N=C\c1ccc(OCC(=O)Nc2ccccc2Cl)cc1)S(=O)(=O)c1ccccc1. The van der Waals surface area contributed by atoms with Crippen molar-refractivity contribution in [1.29, 1.82) is 0 Å². The highest BCUT2D eigenvalue weighted by molar-refractivity contribution is 7.92. The maximum absolute atomic E-state index is 13.5. The lowest BCUT2D eigenvalue weighted by Gasteiger charge is -2.25. The number of amides is 2. The number of sulfonamides is 1. The van der Waals surface area contributed by atoms with E-state index in [2.05, 4.69) is 15.8 Å². The van der Waals surface area contributed by atoms with Crippen molar-refractivity contribution in [2.45, 2.75) is 18.2 Å². The minimum absolute atomic E-state index is 0.0795. The number of ether oxygens (including phenoxy) is 1. The lowest BCUT2D eigenvalue weighted by molar-refractivity contribution is -0.119. The van der Waals surface area contributed by atoms with Crippen molar-refractivity contribution in [1.82, 2.24) is 5.43 Å². The zero-order valence-corrected chi connectivity index (χ0v) is 24.3. The Bertz CT molecular complexity index is 1660. The molecule has 0 unspecified atom stereocenters. The standard InChI is InChI=1S/C31H29ClN4O5S/c1-2-24-10-6-9-15-29(24)36(42(39,40)26-11-4-3-5-12-26)21-30(37)35-33-20-23-16-18-25(19-17-23)41-22-31(38)34-28-14-8-7-13-27(28)32/h3-20H,2,21-22H2,1H3,(H,34,38)(H,35,37)/b33-20-. The summed E-state index contributed by atoms with van der Waals surface area (Å²) in [5.74, 6) is -0.510. The van der Waals surface area contributed by atoms with E-state index in [0.29, 0.717) is 34.1 Å². The van der Waals surface area contributed by atoms with E-state index in [4.69, 9.17) is 16.3 Å². The minimum Gasteiger partial charge on any atom is -0.484 e. The van der Waals surface area contributed by atoms with Crippen LogP contribution in [0.15, 0.2) is 113 Å². The van der Waals surface area contributed by atoms with Gasteiger partial charge in [0.15, 0.2) is 6.61 Å². The van der Waals surface area contributed by atoms with Gasteiger partial charge in [0, 0.05) is 0 Å². The maximum atomic E-state index is 13.5. The largest absolute Gasteiger partial charge is 0.484 e. The Morgan fingerprint density at radius 3 is 2.26 bits per heavy atom. The number of hydrazone groups is 1. The van der Waals surface area contributed by atoms with Crippen LogP contribution in [0, 0.1) is 0 Å². The van der Waals surface area contributed by atoms with Crippen LogP contribution in [0.25, 0.3) is 0 Å². The van der Waals surface area contributed by atoms with Crippen molar-refractivity contribution < 1.29 is 22.7 Å². The molecule has 0 aromatic heterocycles. The first-order valence-corrected chi connectivity index (χ1v) is 14.8. The third-order valence-corrected chi connectivity index (χ3v) is 8.16. The van der Waals surface area contributed by atoms with Gasteiger partial charge in [0.2, 0.25) is 0 Å². The topological polar surface area (TPSA) is 117 Å². The molecule has 0 saturated heterocycles.